The predicted molar refractivity (Wildman–Crippen MR) is 112 cm³/mol. The van der Waals surface area contributed by atoms with Crippen molar-refractivity contribution in [2.75, 3.05) is 11.9 Å². The first-order chi connectivity index (χ1) is 12.9. The van der Waals surface area contributed by atoms with Crippen LogP contribution < -0.4 is 10.0 Å². The summed E-state index contributed by atoms with van der Waals surface area (Å²) in [6, 6.07) is 9.18. The number of nitrogens with one attached hydrogen (secondary N) is 2. The Morgan fingerprint density at radius 3 is 2.67 bits per heavy atom. The van der Waals surface area contributed by atoms with Gasteiger partial charge in [0.2, 0.25) is 5.91 Å². The second-order valence-electron chi connectivity index (χ2n) is 6.66. The summed E-state index contributed by atoms with van der Waals surface area (Å²) in [5.41, 5.74) is 1.69. The minimum Gasteiger partial charge on any atom is -0.325 e. The summed E-state index contributed by atoms with van der Waals surface area (Å²) in [5.74, 6) is -0.383. The van der Waals surface area contributed by atoms with Gasteiger partial charge in [0.1, 0.15) is 4.21 Å². The van der Waals surface area contributed by atoms with E-state index in [1.807, 2.05) is 30.8 Å². The molecule has 1 amide bonds. The van der Waals surface area contributed by atoms with E-state index >= 15 is 0 Å². The van der Waals surface area contributed by atoms with Crippen molar-refractivity contribution in [2.24, 2.45) is 0 Å². The molecule has 5 nitrogen and oxygen atoms in total. The number of carbonyl (C=O) groups is 1. The van der Waals surface area contributed by atoms with Crippen LogP contribution in [0.3, 0.4) is 0 Å². The van der Waals surface area contributed by atoms with Crippen molar-refractivity contribution in [3.63, 3.8) is 0 Å². The van der Waals surface area contributed by atoms with Gasteiger partial charge in [-0.25, -0.2) is 13.1 Å². The lowest BCUT2D eigenvalue weighted by molar-refractivity contribution is -0.115. The number of amides is 1. The third kappa shape index (κ3) is 5.81. The highest BCUT2D eigenvalue weighted by Crippen LogP contribution is 2.34. The van der Waals surface area contributed by atoms with Gasteiger partial charge in [0.25, 0.3) is 10.0 Å². The molecule has 1 aliphatic rings. The van der Waals surface area contributed by atoms with Gasteiger partial charge in [0.15, 0.2) is 0 Å². The van der Waals surface area contributed by atoms with E-state index in [9.17, 15) is 13.2 Å². The number of benzene rings is 1. The molecule has 27 heavy (non-hydrogen) atoms. The molecule has 146 valence electrons. The van der Waals surface area contributed by atoms with Crippen molar-refractivity contribution >= 4 is 44.7 Å². The maximum absolute atomic E-state index is 12.1. The molecule has 3 rings (SSSR count). The van der Waals surface area contributed by atoms with Gasteiger partial charge >= 0.3 is 0 Å². The standard InChI is InChI=1S/C19H24N2O3S3/c1-14-12-16(26-15-6-3-2-4-7-15)9-10-17(14)21-18(22)13-20-27(23,24)19-8-5-11-25-19/h5,8-12,15,20H,2-4,6-7,13H2,1H3,(H,21,22). The third-order valence-corrected chi connectivity index (χ3v) is 8.64. The largest absolute Gasteiger partial charge is 0.325 e. The van der Waals surface area contributed by atoms with Gasteiger partial charge in [-0.2, -0.15) is 0 Å². The number of sulfonamides is 1. The third-order valence-electron chi connectivity index (χ3n) is 4.51. The van der Waals surface area contributed by atoms with E-state index in [2.05, 4.69) is 16.1 Å². The molecule has 0 radical (unpaired) electrons. The normalized spacial score (nSPS) is 15.6. The molecule has 1 aromatic heterocycles. The summed E-state index contributed by atoms with van der Waals surface area (Å²) in [6.07, 6.45) is 6.51. The quantitative estimate of drug-likeness (QED) is 0.691. The summed E-state index contributed by atoms with van der Waals surface area (Å²) in [4.78, 5) is 13.4. The molecule has 1 aromatic carbocycles. The van der Waals surface area contributed by atoms with Crippen molar-refractivity contribution in [2.45, 2.75) is 53.4 Å². The molecule has 2 N–H and O–H groups in total. The minimum atomic E-state index is -3.63. The van der Waals surface area contributed by atoms with E-state index in [0.717, 1.165) is 16.9 Å². The fourth-order valence-electron chi connectivity index (χ4n) is 3.07. The number of rotatable bonds is 7. The number of hydrogen-bond donors (Lipinski definition) is 2. The summed E-state index contributed by atoms with van der Waals surface area (Å²) < 4.78 is 26.7. The lowest BCUT2D eigenvalue weighted by atomic mass is 10.0. The topological polar surface area (TPSA) is 75.3 Å². The molecule has 0 spiro atoms. The van der Waals surface area contributed by atoms with Gasteiger partial charge in [-0.15, -0.1) is 23.1 Å². The van der Waals surface area contributed by atoms with E-state index in [4.69, 9.17) is 0 Å². The molecule has 8 heteroatoms. The van der Waals surface area contributed by atoms with Crippen molar-refractivity contribution in [1.29, 1.82) is 0 Å². The Balaban J connectivity index is 1.54. The minimum absolute atomic E-state index is 0.204. The first-order valence-corrected chi connectivity index (χ1v) is 12.3. The molecule has 1 saturated carbocycles. The van der Waals surface area contributed by atoms with E-state index < -0.39 is 10.0 Å². The molecule has 0 unspecified atom stereocenters. The zero-order chi connectivity index (χ0) is 19.3. The Hall–Kier alpha value is -1.35. The van der Waals surface area contributed by atoms with Crippen LogP contribution in [-0.4, -0.2) is 26.1 Å². The second kappa shape index (κ2) is 9.23. The molecule has 0 bridgehead atoms. The average molecular weight is 425 g/mol. The number of thiophene rings is 1. The highest BCUT2D eigenvalue weighted by Gasteiger charge is 2.17. The molecular weight excluding hydrogens is 400 g/mol. The molecular formula is C19H24N2O3S3. The first-order valence-electron chi connectivity index (χ1n) is 9.04. The maximum atomic E-state index is 12.1. The fourth-order valence-corrected chi connectivity index (χ4v) is 6.43. The Bertz CT molecular complexity index is 874. The smallest absolute Gasteiger partial charge is 0.250 e. The van der Waals surface area contributed by atoms with Crippen molar-refractivity contribution in [3.8, 4) is 0 Å². The van der Waals surface area contributed by atoms with Crippen LogP contribution in [0.25, 0.3) is 0 Å². The van der Waals surface area contributed by atoms with Gasteiger partial charge in [-0.1, -0.05) is 25.3 Å². The van der Waals surface area contributed by atoms with E-state index in [-0.39, 0.29) is 16.7 Å². The van der Waals surface area contributed by atoms with E-state index in [1.165, 1.54) is 43.1 Å². The zero-order valence-corrected chi connectivity index (χ0v) is 17.7. The summed E-state index contributed by atoms with van der Waals surface area (Å²) in [6.45, 7) is 1.66. The maximum Gasteiger partial charge on any atom is 0.250 e. The lowest BCUT2D eigenvalue weighted by Crippen LogP contribution is -2.32. The van der Waals surface area contributed by atoms with Crippen molar-refractivity contribution in [3.05, 3.63) is 41.3 Å². The van der Waals surface area contributed by atoms with Crippen LogP contribution in [-0.2, 0) is 14.8 Å². The molecule has 0 aliphatic heterocycles. The van der Waals surface area contributed by atoms with Gasteiger partial charge in [0.05, 0.1) is 6.54 Å². The molecule has 1 fully saturated rings. The van der Waals surface area contributed by atoms with Gasteiger partial charge in [-0.3, -0.25) is 4.79 Å². The highest BCUT2D eigenvalue weighted by atomic mass is 32.2. The van der Waals surface area contributed by atoms with Gasteiger partial charge in [-0.05, 0) is 55.0 Å². The van der Waals surface area contributed by atoms with Gasteiger partial charge < -0.3 is 5.32 Å². The van der Waals surface area contributed by atoms with Crippen molar-refractivity contribution < 1.29 is 13.2 Å². The summed E-state index contributed by atoms with van der Waals surface area (Å²) in [5, 5.41) is 5.16. The Kier molecular flexibility index (Phi) is 6.97. The van der Waals surface area contributed by atoms with Gasteiger partial charge in [0, 0.05) is 15.8 Å². The van der Waals surface area contributed by atoms with Crippen LogP contribution in [0.5, 0.6) is 0 Å². The first kappa shape index (κ1) is 20.4. The summed E-state index contributed by atoms with van der Waals surface area (Å²) >= 11 is 3.03. The Labute approximate surface area is 169 Å². The SMILES string of the molecule is Cc1cc(SC2CCCCC2)ccc1NC(=O)CNS(=O)(=O)c1cccs1. The van der Waals surface area contributed by atoms with Crippen LogP contribution in [0.1, 0.15) is 37.7 Å². The zero-order valence-electron chi connectivity index (χ0n) is 15.2. The monoisotopic (exact) mass is 424 g/mol. The molecule has 0 atom stereocenters. The second-order valence-corrected chi connectivity index (χ2v) is 11.0. The predicted octanol–water partition coefficient (Wildman–Crippen LogP) is 4.40. The van der Waals surface area contributed by atoms with E-state index in [1.54, 1.807) is 11.4 Å². The summed E-state index contributed by atoms with van der Waals surface area (Å²) in [7, 11) is -3.63. The Morgan fingerprint density at radius 2 is 2.00 bits per heavy atom. The van der Waals surface area contributed by atoms with E-state index in [0.29, 0.717) is 10.9 Å². The molecule has 1 heterocycles. The van der Waals surface area contributed by atoms with Crippen LogP contribution in [0.2, 0.25) is 0 Å². The number of thioether (sulfide) groups is 1. The molecule has 1 aliphatic carbocycles. The lowest BCUT2D eigenvalue weighted by Gasteiger charge is -2.21. The van der Waals surface area contributed by atoms with Crippen LogP contribution in [0.15, 0.2) is 44.8 Å². The number of aryl methyl sites for hydroxylation is 1. The Morgan fingerprint density at radius 1 is 1.22 bits per heavy atom. The highest BCUT2D eigenvalue weighted by molar-refractivity contribution is 8.00. The fraction of sp³-hybridized carbons (Fsp3) is 0.421. The molecule has 0 saturated heterocycles. The number of carbonyl (C=O) groups excluding carboxylic acids is 1. The van der Waals surface area contributed by atoms with Crippen molar-refractivity contribution in [1.82, 2.24) is 4.72 Å². The number of hydrogen-bond acceptors (Lipinski definition) is 5. The number of anilines is 1. The van der Waals surface area contributed by atoms with Crippen LogP contribution in [0, 0.1) is 6.92 Å². The van der Waals surface area contributed by atoms with Crippen LogP contribution >= 0.6 is 23.1 Å². The van der Waals surface area contributed by atoms with Crippen LogP contribution in [0.4, 0.5) is 5.69 Å². The molecule has 2 aromatic rings. The average Bonchev–Trinajstić information content (AvgIpc) is 3.19.